The van der Waals surface area contributed by atoms with E-state index in [1.807, 2.05) is 0 Å². The lowest BCUT2D eigenvalue weighted by atomic mass is 10.1. The van der Waals surface area contributed by atoms with Crippen LogP contribution in [0.2, 0.25) is 0 Å². The van der Waals surface area contributed by atoms with Gasteiger partial charge >= 0.3 is 0 Å². The van der Waals surface area contributed by atoms with E-state index in [1.165, 1.54) is 18.3 Å². The highest BCUT2D eigenvalue weighted by molar-refractivity contribution is 6.38. The van der Waals surface area contributed by atoms with E-state index in [0.29, 0.717) is 23.9 Å². The molecule has 1 aliphatic heterocycles. The molecule has 1 saturated heterocycles. The molecule has 122 valence electrons. The maximum absolute atomic E-state index is 13.0. The van der Waals surface area contributed by atoms with E-state index in [2.05, 4.69) is 28.4 Å². The number of halogens is 2. The summed E-state index contributed by atoms with van der Waals surface area (Å²) >= 11 is 5.71. The Kier molecular flexibility index (Phi) is 5.58. The highest BCUT2D eigenvalue weighted by atomic mass is 35.5. The van der Waals surface area contributed by atoms with Gasteiger partial charge in [0.1, 0.15) is 11.6 Å². The summed E-state index contributed by atoms with van der Waals surface area (Å²) in [6.07, 6.45) is 1.48. The molecule has 0 radical (unpaired) electrons. The lowest BCUT2D eigenvalue weighted by Gasteiger charge is -2.20. The molecule has 2 rings (SSSR count). The zero-order valence-electron chi connectivity index (χ0n) is 13.0. The van der Waals surface area contributed by atoms with Gasteiger partial charge in [0.15, 0.2) is 0 Å². The highest BCUT2D eigenvalue weighted by Crippen LogP contribution is 2.26. The van der Waals surface area contributed by atoms with Crippen LogP contribution in [-0.4, -0.2) is 37.3 Å². The van der Waals surface area contributed by atoms with Crippen LogP contribution in [0.3, 0.4) is 0 Å². The van der Waals surface area contributed by atoms with Gasteiger partial charge in [-0.3, -0.25) is 0 Å². The van der Waals surface area contributed by atoms with Crippen LogP contribution in [0.5, 0.6) is 0 Å². The van der Waals surface area contributed by atoms with Gasteiger partial charge < -0.3 is 16.0 Å². The molecule has 1 unspecified atom stereocenters. The summed E-state index contributed by atoms with van der Waals surface area (Å²) in [6, 6.07) is 6.08. The van der Waals surface area contributed by atoms with Crippen LogP contribution in [0.1, 0.15) is 5.56 Å². The van der Waals surface area contributed by atoms with E-state index < -0.39 is 0 Å². The minimum Gasteiger partial charge on any atom is -0.373 e. The average molecular weight is 335 g/mol. The van der Waals surface area contributed by atoms with E-state index in [0.717, 1.165) is 16.8 Å². The van der Waals surface area contributed by atoms with E-state index in [1.54, 1.807) is 19.2 Å². The number of benzene rings is 1. The lowest BCUT2D eigenvalue weighted by Crippen LogP contribution is -2.27. The Balaban J connectivity index is 2.21. The molecule has 0 aliphatic carbocycles. The van der Waals surface area contributed by atoms with Gasteiger partial charge in [-0.25, -0.2) is 9.38 Å². The summed E-state index contributed by atoms with van der Waals surface area (Å²) < 4.78 is 13.0. The molecular formula is C17H20ClFN4. The smallest absolute Gasteiger partial charge is 0.128 e. The van der Waals surface area contributed by atoms with Gasteiger partial charge in [0.2, 0.25) is 0 Å². The van der Waals surface area contributed by atoms with Gasteiger partial charge in [0.05, 0.1) is 5.03 Å². The predicted octanol–water partition coefficient (Wildman–Crippen LogP) is 2.69. The Labute approximate surface area is 140 Å². The van der Waals surface area contributed by atoms with Crippen LogP contribution < -0.4 is 11.1 Å². The van der Waals surface area contributed by atoms with E-state index in [9.17, 15) is 4.39 Å². The third-order valence-electron chi connectivity index (χ3n) is 3.66. The largest absolute Gasteiger partial charge is 0.373 e. The average Bonchev–Trinajstić information content (AvgIpc) is 2.90. The highest BCUT2D eigenvalue weighted by Gasteiger charge is 2.28. The van der Waals surface area contributed by atoms with Crippen molar-refractivity contribution in [2.24, 2.45) is 10.7 Å². The molecule has 0 spiro atoms. The number of allylic oxidation sites excluding steroid dienone is 1. The van der Waals surface area contributed by atoms with Crippen LogP contribution in [0.25, 0.3) is 5.70 Å². The minimum atomic E-state index is -0.270. The summed E-state index contributed by atoms with van der Waals surface area (Å²) in [5, 5.41) is 3.38. The third-order valence-corrected chi connectivity index (χ3v) is 3.76. The zero-order valence-corrected chi connectivity index (χ0v) is 13.8. The minimum absolute atomic E-state index is 0.171. The van der Waals surface area contributed by atoms with E-state index in [-0.39, 0.29) is 11.9 Å². The van der Waals surface area contributed by atoms with Gasteiger partial charge in [-0.05, 0) is 17.7 Å². The molecule has 0 bridgehead atoms. The van der Waals surface area contributed by atoms with Gasteiger partial charge in [-0.2, -0.15) is 0 Å². The van der Waals surface area contributed by atoms with Crippen molar-refractivity contribution in [1.29, 1.82) is 0 Å². The third kappa shape index (κ3) is 4.21. The number of hydrogen-bond acceptors (Lipinski definition) is 4. The van der Waals surface area contributed by atoms with Crippen molar-refractivity contribution in [2.45, 2.75) is 6.04 Å². The van der Waals surface area contributed by atoms with E-state index >= 15 is 0 Å². The molecule has 4 nitrogen and oxygen atoms in total. The Morgan fingerprint density at radius 2 is 2.09 bits per heavy atom. The Hall–Kier alpha value is -2.11. The summed E-state index contributed by atoms with van der Waals surface area (Å²) in [4.78, 5) is 6.33. The molecule has 6 heteroatoms. The number of nitrogens with zero attached hydrogens (tertiary/aromatic N) is 2. The topological polar surface area (TPSA) is 53.7 Å². The van der Waals surface area contributed by atoms with Crippen LogP contribution >= 0.6 is 11.6 Å². The van der Waals surface area contributed by atoms with Crippen molar-refractivity contribution in [1.82, 2.24) is 10.2 Å². The molecule has 3 N–H and O–H groups in total. The number of nitrogens with one attached hydrogen (secondary N) is 1. The van der Waals surface area contributed by atoms with Crippen molar-refractivity contribution in [2.75, 3.05) is 20.1 Å². The SMILES string of the molecule is C=C(Cl)/C=N\C(NC)=C1/CN(C(=C)c2ccc(F)cc2)CC1N. The number of aliphatic imine (C=N–C) groups is 1. The lowest BCUT2D eigenvalue weighted by molar-refractivity contribution is 0.488. The first kappa shape index (κ1) is 17.2. The van der Waals surface area contributed by atoms with Gasteiger partial charge in [0.25, 0.3) is 0 Å². The van der Waals surface area contributed by atoms with Crippen molar-refractivity contribution >= 4 is 23.5 Å². The van der Waals surface area contributed by atoms with Crippen molar-refractivity contribution < 1.29 is 4.39 Å². The standard InChI is InChI=1S/C17H20ClFN4/c1-11(18)8-22-17(21-3)15-9-23(10-16(15)20)12(2)13-4-6-14(19)7-5-13/h4-8,16,21H,1-2,9-10,20H2,3H3/b17-15+,22-8-. The fourth-order valence-electron chi connectivity index (χ4n) is 2.46. The number of likely N-dealkylation sites (tertiary alicyclic amines) is 1. The van der Waals surface area contributed by atoms with E-state index in [4.69, 9.17) is 17.3 Å². The van der Waals surface area contributed by atoms with Crippen molar-refractivity contribution in [3.05, 3.63) is 65.2 Å². The first-order valence-corrected chi connectivity index (χ1v) is 7.54. The summed E-state index contributed by atoms with van der Waals surface area (Å²) in [5.41, 5.74) is 8.85. The van der Waals surface area contributed by atoms with Crippen LogP contribution in [0.15, 0.2) is 58.8 Å². The second kappa shape index (κ2) is 7.44. The molecule has 0 aromatic heterocycles. The maximum Gasteiger partial charge on any atom is 0.128 e. The molecule has 1 heterocycles. The van der Waals surface area contributed by atoms with Gasteiger partial charge in [-0.1, -0.05) is 36.9 Å². The monoisotopic (exact) mass is 334 g/mol. The molecule has 1 atom stereocenters. The zero-order chi connectivity index (χ0) is 17.0. The quantitative estimate of drug-likeness (QED) is 0.814. The summed E-state index contributed by atoms with van der Waals surface area (Å²) in [7, 11) is 1.78. The second-order valence-electron chi connectivity index (χ2n) is 5.27. The number of hydrogen-bond donors (Lipinski definition) is 2. The molecule has 1 aromatic carbocycles. The molecule has 0 saturated carbocycles. The first-order chi connectivity index (χ1) is 10.9. The van der Waals surface area contributed by atoms with Crippen LogP contribution in [0, 0.1) is 5.82 Å². The van der Waals surface area contributed by atoms with Gasteiger partial charge in [0, 0.05) is 43.7 Å². The normalized spacial score (nSPS) is 20.0. The second-order valence-corrected chi connectivity index (χ2v) is 5.75. The molecule has 1 fully saturated rings. The molecular weight excluding hydrogens is 315 g/mol. The number of nitrogens with two attached hydrogens (primary N) is 1. The molecule has 1 aromatic rings. The Morgan fingerprint density at radius 3 is 2.65 bits per heavy atom. The Morgan fingerprint density at radius 1 is 1.43 bits per heavy atom. The van der Waals surface area contributed by atoms with Gasteiger partial charge in [-0.15, -0.1) is 0 Å². The predicted molar refractivity (Wildman–Crippen MR) is 94.6 cm³/mol. The van der Waals surface area contributed by atoms with Crippen LogP contribution in [0.4, 0.5) is 4.39 Å². The molecule has 1 aliphatic rings. The first-order valence-electron chi connectivity index (χ1n) is 7.17. The fraction of sp³-hybridized carbons (Fsp3) is 0.235. The van der Waals surface area contributed by atoms with Crippen LogP contribution in [-0.2, 0) is 0 Å². The summed E-state index contributed by atoms with van der Waals surface area (Å²) in [6.45, 7) is 8.89. The fourth-order valence-corrected chi connectivity index (χ4v) is 2.51. The number of rotatable bonds is 5. The Bertz CT molecular complexity index is 664. The van der Waals surface area contributed by atoms with Crippen molar-refractivity contribution in [3.63, 3.8) is 0 Å². The molecule has 0 amide bonds. The maximum atomic E-state index is 13.0. The summed E-state index contributed by atoms with van der Waals surface area (Å²) in [5.74, 6) is 0.405. The molecule has 23 heavy (non-hydrogen) atoms. The van der Waals surface area contributed by atoms with Crippen molar-refractivity contribution in [3.8, 4) is 0 Å².